The van der Waals surface area contributed by atoms with E-state index in [2.05, 4.69) is 0 Å². The summed E-state index contributed by atoms with van der Waals surface area (Å²) in [5.74, 6) is 0.192. The number of hydrogen-bond donors (Lipinski definition) is 0. The van der Waals surface area contributed by atoms with Crippen LogP contribution in [-0.2, 0) is 0 Å². The van der Waals surface area contributed by atoms with E-state index in [9.17, 15) is 9.59 Å². The van der Waals surface area contributed by atoms with Gasteiger partial charge >= 0.3 is 0 Å². The van der Waals surface area contributed by atoms with Crippen molar-refractivity contribution < 1.29 is 14.3 Å². The topological polar surface area (TPSA) is 67.2 Å². The van der Waals surface area contributed by atoms with E-state index in [1.54, 1.807) is 6.07 Å². The Morgan fingerprint density at radius 3 is 2.06 bits per heavy atom. The minimum absolute atomic E-state index is 0.0844. The number of nitriles is 1. The number of carbonyl (C=O) groups is 2. The lowest BCUT2D eigenvalue weighted by molar-refractivity contribution is 0.108. The summed E-state index contributed by atoms with van der Waals surface area (Å²) < 4.78 is 4.95. The van der Waals surface area contributed by atoms with Crippen molar-refractivity contribution in [1.82, 2.24) is 0 Å². The van der Waals surface area contributed by atoms with E-state index in [0.717, 1.165) is 0 Å². The number of rotatable bonds is 4. The van der Waals surface area contributed by atoms with Gasteiger partial charge in [-0.1, -0.05) is 0 Å². The zero-order valence-electron chi connectivity index (χ0n) is 7.87. The molecular formula is C10H5Cl2NO3. The first-order chi connectivity index (χ1) is 7.54. The van der Waals surface area contributed by atoms with Gasteiger partial charge in [-0.15, -0.1) is 0 Å². The fraction of sp³-hybridized carbons (Fsp3) is 0.100. The fourth-order valence-electron chi connectivity index (χ4n) is 1.02. The first-order valence-corrected chi connectivity index (χ1v) is 4.84. The molecule has 0 aromatic heterocycles. The molecule has 4 nitrogen and oxygen atoms in total. The molecule has 0 aliphatic rings. The number of benzene rings is 1. The molecule has 0 amide bonds. The zero-order valence-corrected chi connectivity index (χ0v) is 9.38. The van der Waals surface area contributed by atoms with Gasteiger partial charge in [0.05, 0.1) is 0 Å². The molecule has 16 heavy (non-hydrogen) atoms. The maximum absolute atomic E-state index is 10.9. The standard InChI is InChI=1S/C10H5Cl2NO3/c11-9(14)6-3-7(10(12)15)5-8(4-6)16-2-1-13/h3-5H,2H2. The van der Waals surface area contributed by atoms with Gasteiger partial charge in [-0.05, 0) is 41.4 Å². The predicted octanol–water partition coefficient (Wildman–Crippen LogP) is 2.35. The second-order valence-electron chi connectivity index (χ2n) is 2.74. The van der Waals surface area contributed by atoms with Gasteiger partial charge in [-0.25, -0.2) is 0 Å². The number of carbonyl (C=O) groups excluding carboxylic acids is 2. The molecule has 82 valence electrons. The largest absolute Gasteiger partial charge is 0.479 e. The van der Waals surface area contributed by atoms with Gasteiger partial charge in [-0.2, -0.15) is 5.26 Å². The Hall–Kier alpha value is -1.57. The predicted molar refractivity (Wildman–Crippen MR) is 57.9 cm³/mol. The molecule has 0 unspecified atom stereocenters. The van der Waals surface area contributed by atoms with Crippen LogP contribution < -0.4 is 4.74 Å². The van der Waals surface area contributed by atoms with Crippen molar-refractivity contribution in [2.45, 2.75) is 0 Å². The van der Waals surface area contributed by atoms with Gasteiger partial charge in [0.15, 0.2) is 6.61 Å². The Labute approximate surface area is 101 Å². The summed E-state index contributed by atoms with van der Waals surface area (Å²) in [6.07, 6.45) is 0. The Kier molecular flexibility index (Phi) is 4.29. The quantitative estimate of drug-likeness (QED) is 0.777. The number of nitrogens with zero attached hydrogens (tertiary/aromatic N) is 1. The lowest BCUT2D eigenvalue weighted by Crippen LogP contribution is -2.00. The van der Waals surface area contributed by atoms with E-state index >= 15 is 0 Å². The van der Waals surface area contributed by atoms with Crippen LogP contribution in [0, 0.1) is 11.3 Å². The average molecular weight is 258 g/mol. The molecule has 0 saturated heterocycles. The molecule has 0 spiro atoms. The van der Waals surface area contributed by atoms with Gasteiger partial charge in [-0.3, -0.25) is 9.59 Å². The van der Waals surface area contributed by atoms with Gasteiger partial charge in [0.25, 0.3) is 10.5 Å². The third kappa shape index (κ3) is 3.23. The van der Waals surface area contributed by atoms with Crippen molar-refractivity contribution in [2.24, 2.45) is 0 Å². The number of hydrogen-bond acceptors (Lipinski definition) is 4. The van der Waals surface area contributed by atoms with E-state index < -0.39 is 10.5 Å². The highest BCUT2D eigenvalue weighted by atomic mass is 35.5. The first-order valence-electron chi connectivity index (χ1n) is 4.09. The van der Waals surface area contributed by atoms with Gasteiger partial charge in [0, 0.05) is 11.1 Å². The molecule has 6 heteroatoms. The summed E-state index contributed by atoms with van der Waals surface area (Å²) in [4.78, 5) is 21.9. The van der Waals surface area contributed by atoms with Crippen molar-refractivity contribution in [1.29, 1.82) is 5.26 Å². The van der Waals surface area contributed by atoms with Gasteiger partial charge in [0.2, 0.25) is 0 Å². The summed E-state index contributed by atoms with van der Waals surface area (Å²) in [6.45, 7) is -0.199. The molecule has 0 saturated carbocycles. The summed E-state index contributed by atoms with van der Waals surface area (Å²) in [5.41, 5.74) is 0.169. The maximum atomic E-state index is 10.9. The van der Waals surface area contributed by atoms with Crippen LogP contribution in [0.25, 0.3) is 0 Å². The normalized spacial score (nSPS) is 9.31. The Bertz CT molecular complexity index is 447. The molecule has 0 aliphatic heterocycles. The highest BCUT2D eigenvalue weighted by molar-refractivity contribution is 6.69. The lowest BCUT2D eigenvalue weighted by atomic mass is 10.1. The van der Waals surface area contributed by atoms with E-state index in [-0.39, 0.29) is 23.5 Å². The molecule has 1 aromatic carbocycles. The van der Waals surface area contributed by atoms with Gasteiger partial charge < -0.3 is 4.74 Å². The molecule has 0 bridgehead atoms. The van der Waals surface area contributed by atoms with Crippen molar-refractivity contribution in [3.05, 3.63) is 29.3 Å². The Balaban J connectivity index is 3.14. The molecule has 1 rings (SSSR count). The van der Waals surface area contributed by atoms with Crippen LogP contribution in [0.3, 0.4) is 0 Å². The zero-order chi connectivity index (χ0) is 12.1. The Morgan fingerprint density at radius 2 is 1.69 bits per heavy atom. The minimum atomic E-state index is -0.735. The van der Waals surface area contributed by atoms with E-state index in [0.29, 0.717) is 0 Å². The molecule has 0 heterocycles. The van der Waals surface area contributed by atoms with Crippen molar-refractivity contribution >= 4 is 33.7 Å². The summed E-state index contributed by atoms with van der Waals surface area (Å²) >= 11 is 10.5. The second-order valence-corrected chi connectivity index (χ2v) is 3.43. The molecule has 0 aliphatic carbocycles. The Morgan fingerprint density at radius 1 is 1.19 bits per heavy atom. The van der Waals surface area contributed by atoms with Crippen LogP contribution in [0.4, 0.5) is 0 Å². The first kappa shape index (κ1) is 12.5. The van der Waals surface area contributed by atoms with E-state index in [1.165, 1.54) is 18.2 Å². The number of ether oxygens (including phenoxy) is 1. The highest BCUT2D eigenvalue weighted by Gasteiger charge is 2.10. The smallest absolute Gasteiger partial charge is 0.252 e. The fourth-order valence-corrected chi connectivity index (χ4v) is 1.24. The van der Waals surface area contributed by atoms with Gasteiger partial charge in [0.1, 0.15) is 11.8 Å². The van der Waals surface area contributed by atoms with Crippen LogP contribution in [0.2, 0.25) is 0 Å². The minimum Gasteiger partial charge on any atom is -0.479 e. The molecule has 0 atom stereocenters. The second kappa shape index (κ2) is 5.50. The average Bonchev–Trinajstić information content (AvgIpc) is 2.25. The number of halogens is 2. The van der Waals surface area contributed by atoms with Crippen molar-refractivity contribution in [3.8, 4) is 11.8 Å². The SMILES string of the molecule is N#CCOc1cc(C(=O)Cl)cc(C(=O)Cl)c1. The van der Waals surface area contributed by atoms with Crippen molar-refractivity contribution in [2.75, 3.05) is 6.61 Å². The van der Waals surface area contributed by atoms with Crippen LogP contribution in [-0.4, -0.2) is 17.1 Å². The summed E-state index contributed by atoms with van der Waals surface area (Å²) in [7, 11) is 0. The van der Waals surface area contributed by atoms with Crippen LogP contribution >= 0.6 is 23.2 Å². The molecule has 0 N–H and O–H groups in total. The van der Waals surface area contributed by atoms with Crippen LogP contribution in [0.5, 0.6) is 5.75 Å². The molecule has 1 aromatic rings. The third-order valence-electron chi connectivity index (χ3n) is 1.66. The monoisotopic (exact) mass is 257 g/mol. The summed E-state index contributed by atoms with van der Waals surface area (Å²) in [6, 6.07) is 5.67. The van der Waals surface area contributed by atoms with E-state index in [4.69, 9.17) is 33.2 Å². The maximum Gasteiger partial charge on any atom is 0.252 e. The molecule has 0 radical (unpaired) electrons. The molecular weight excluding hydrogens is 253 g/mol. The van der Waals surface area contributed by atoms with Crippen molar-refractivity contribution in [3.63, 3.8) is 0 Å². The van der Waals surface area contributed by atoms with Crippen LogP contribution in [0.15, 0.2) is 18.2 Å². The lowest BCUT2D eigenvalue weighted by Gasteiger charge is -2.04. The van der Waals surface area contributed by atoms with E-state index in [1.807, 2.05) is 0 Å². The molecule has 0 fully saturated rings. The summed E-state index contributed by atoms with van der Waals surface area (Å²) in [5, 5.41) is 6.85. The van der Waals surface area contributed by atoms with Crippen LogP contribution in [0.1, 0.15) is 20.7 Å². The third-order valence-corrected chi connectivity index (χ3v) is 2.10. The highest BCUT2D eigenvalue weighted by Crippen LogP contribution is 2.20.